The van der Waals surface area contributed by atoms with Crippen LogP contribution < -0.4 is 9.47 Å². The highest BCUT2D eigenvalue weighted by atomic mass is 16.6. The Morgan fingerprint density at radius 3 is 1.08 bits per heavy atom. The average molecular weight is 518 g/mol. The van der Waals surface area contributed by atoms with E-state index in [9.17, 15) is 40.5 Å². The second-order valence-corrected chi connectivity index (χ2v) is 7.59. The van der Waals surface area contributed by atoms with E-state index in [1.807, 2.05) is 0 Å². The molecule has 14 heteroatoms. The molecule has 4 aromatic carbocycles. The topological polar surface area (TPSA) is 191 Å². The summed E-state index contributed by atoms with van der Waals surface area (Å²) >= 11 is 0. The summed E-state index contributed by atoms with van der Waals surface area (Å²) in [5, 5.41) is 44.4. The number of hydrogen-bond donors (Lipinski definition) is 0. The first-order chi connectivity index (χ1) is 18.1. The maximum Gasteiger partial charge on any atom is 0.318 e. The van der Waals surface area contributed by atoms with Crippen LogP contribution in [0.3, 0.4) is 0 Å². The van der Waals surface area contributed by atoms with Gasteiger partial charge in [0, 0.05) is 12.1 Å². The van der Waals surface area contributed by atoms with Gasteiger partial charge in [-0.15, -0.1) is 0 Å². The van der Waals surface area contributed by atoms with Crippen molar-refractivity contribution in [2.24, 2.45) is 0 Å². The van der Waals surface area contributed by atoms with Crippen molar-refractivity contribution in [1.29, 1.82) is 0 Å². The van der Waals surface area contributed by atoms with Gasteiger partial charge < -0.3 is 9.47 Å². The summed E-state index contributed by atoms with van der Waals surface area (Å²) in [6, 6.07) is 19.1. The Morgan fingerprint density at radius 1 is 0.447 bits per heavy atom. The fourth-order valence-corrected chi connectivity index (χ4v) is 3.38. The minimum Gasteiger partial charge on any atom is -0.450 e. The van der Waals surface area contributed by atoms with Crippen LogP contribution in [0.2, 0.25) is 0 Å². The molecule has 4 aromatic rings. The standard InChI is InChI=1S/C24H14N4O10/c29-25(30)17-5-11-23(21(13-17)27(33)34)37-19-7-1-15(2-8-19)16-3-9-20(10-4-16)38-24-12-6-18(26(31)32)14-22(24)28(35)36/h1-14H. The molecule has 0 unspecified atom stereocenters. The number of nitrogens with zero attached hydrogens (tertiary/aromatic N) is 4. The molecule has 0 fully saturated rings. The van der Waals surface area contributed by atoms with Gasteiger partial charge in [-0.25, -0.2) is 0 Å². The first kappa shape index (κ1) is 25.2. The molecule has 190 valence electrons. The van der Waals surface area contributed by atoms with E-state index in [2.05, 4.69) is 0 Å². The second-order valence-electron chi connectivity index (χ2n) is 7.59. The van der Waals surface area contributed by atoms with Gasteiger partial charge in [-0.2, -0.15) is 0 Å². The van der Waals surface area contributed by atoms with Crippen LogP contribution >= 0.6 is 0 Å². The lowest BCUT2D eigenvalue weighted by Gasteiger charge is -2.09. The smallest absolute Gasteiger partial charge is 0.318 e. The number of rotatable bonds is 9. The first-order valence-corrected chi connectivity index (χ1v) is 10.5. The predicted molar refractivity (Wildman–Crippen MR) is 132 cm³/mol. The molecule has 0 N–H and O–H groups in total. The monoisotopic (exact) mass is 518 g/mol. The molecule has 0 spiro atoms. The van der Waals surface area contributed by atoms with Crippen molar-refractivity contribution in [2.75, 3.05) is 0 Å². The lowest BCUT2D eigenvalue weighted by molar-refractivity contribution is -0.394. The minimum absolute atomic E-state index is 0.157. The van der Waals surface area contributed by atoms with Gasteiger partial charge in [0.05, 0.1) is 31.8 Å². The molecule has 4 rings (SSSR count). The van der Waals surface area contributed by atoms with E-state index in [0.717, 1.165) is 47.5 Å². The highest BCUT2D eigenvalue weighted by molar-refractivity contribution is 5.65. The number of benzene rings is 4. The first-order valence-electron chi connectivity index (χ1n) is 10.5. The third-order valence-corrected chi connectivity index (χ3v) is 5.20. The Morgan fingerprint density at radius 2 is 0.789 bits per heavy atom. The van der Waals surface area contributed by atoms with Crippen molar-refractivity contribution in [2.45, 2.75) is 0 Å². The number of non-ortho nitro benzene ring substituents is 2. The van der Waals surface area contributed by atoms with Crippen LogP contribution in [-0.2, 0) is 0 Å². The van der Waals surface area contributed by atoms with E-state index in [1.165, 1.54) is 0 Å². The quantitative estimate of drug-likeness (QED) is 0.173. The highest BCUT2D eigenvalue weighted by Gasteiger charge is 2.22. The molecule has 0 saturated heterocycles. The van der Waals surface area contributed by atoms with Gasteiger partial charge in [0.15, 0.2) is 0 Å². The van der Waals surface area contributed by atoms with Gasteiger partial charge in [0.2, 0.25) is 11.5 Å². The van der Waals surface area contributed by atoms with E-state index in [1.54, 1.807) is 48.5 Å². The molecule has 0 radical (unpaired) electrons. The fourth-order valence-electron chi connectivity index (χ4n) is 3.38. The Kier molecular flexibility index (Phi) is 6.87. The largest absolute Gasteiger partial charge is 0.450 e. The molecule has 0 aliphatic carbocycles. The molecule has 0 saturated carbocycles. The Balaban J connectivity index is 1.50. The van der Waals surface area contributed by atoms with Crippen molar-refractivity contribution in [3.05, 3.63) is 125 Å². The maximum absolute atomic E-state index is 11.3. The molecule has 0 aliphatic rings. The fraction of sp³-hybridized carbons (Fsp3) is 0. The van der Waals surface area contributed by atoms with Crippen molar-refractivity contribution >= 4 is 22.7 Å². The third kappa shape index (κ3) is 5.49. The zero-order valence-corrected chi connectivity index (χ0v) is 19.0. The van der Waals surface area contributed by atoms with Crippen LogP contribution in [0.1, 0.15) is 0 Å². The van der Waals surface area contributed by atoms with E-state index in [0.29, 0.717) is 0 Å². The van der Waals surface area contributed by atoms with Gasteiger partial charge in [-0.1, -0.05) is 24.3 Å². The predicted octanol–water partition coefficient (Wildman–Crippen LogP) is 6.57. The van der Waals surface area contributed by atoms with Gasteiger partial charge in [-0.05, 0) is 47.5 Å². The van der Waals surface area contributed by atoms with Crippen molar-refractivity contribution in [1.82, 2.24) is 0 Å². The summed E-state index contributed by atoms with van der Waals surface area (Å²) in [6.45, 7) is 0. The van der Waals surface area contributed by atoms with E-state index >= 15 is 0 Å². The SMILES string of the molecule is O=[N+]([O-])c1ccc(Oc2ccc(-c3ccc(Oc4ccc([N+](=O)[O-])cc4[N+](=O)[O-])cc3)cc2)c([N+](=O)[O-])c1. The summed E-state index contributed by atoms with van der Waals surface area (Å²) < 4.78 is 11.1. The van der Waals surface area contributed by atoms with Crippen LogP contribution in [0.5, 0.6) is 23.0 Å². The normalized spacial score (nSPS) is 10.4. The number of hydrogen-bond acceptors (Lipinski definition) is 10. The number of nitro groups is 4. The molecule has 0 aromatic heterocycles. The van der Waals surface area contributed by atoms with Crippen molar-refractivity contribution in [3.8, 4) is 34.1 Å². The summed E-state index contributed by atoms with van der Waals surface area (Å²) in [7, 11) is 0. The molecule has 38 heavy (non-hydrogen) atoms. The van der Waals surface area contributed by atoms with E-state index in [4.69, 9.17) is 9.47 Å². The lowest BCUT2D eigenvalue weighted by Crippen LogP contribution is -1.96. The maximum atomic E-state index is 11.3. The molecular formula is C24H14N4O10. The van der Waals surface area contributed by atoms with Crippen LogP contribution in [0.15, 0.2) is 84.9 Å². The lowest BCUT2D eigenvalue weighted by atomic mass is 10.1. The summed E-state index contributed by atoms with van der Waals surface area (Å²) in [4.78, 5) is 41.3. The third-order valence-electron chi connectivity index (χ3n) is 5.20. The van der Waals surface area contributed by atoms with Gasteiger partial charge in [-0.3, -0.25) is 40.5 Å². The zero-order chi connectivity index (χ0) is 27.4. The van der Waals surface area contributed by atoms with E-state index in [-0.39, 0.29) is 23.0 Å². The van der Waals surface area contributed by atoms with Gasteiger partial charge >= 0.3 is 11.4 Å². The summed E-state index contributed by atoms with van der Waals surface area (Å²) in [5.74, 6) is 0.206. The van der Waals surface area contributed by atoms with Crippen LogP contribution in [0.4, 0.5) is 22.7 Å². The Labute approximate surface area is 211 Å². The van der Waals surface area contributed by atoms with E-state index < -0.39 is 42.4 Å². The summed E-state index contributed by atoms with van der Waals surface area (Å²) in [6.07, 6.45) is 0. The molecule has 0 bridgehead atoms. The Bertz CT molecular complexity index is 1450. The summed E-state index contributed by atoms with van der Waals surface area (Å²) in [5.41, 5.74) is -0.490. The van der Waals surface area contributed by atoms with Gasteiger partial charge in [0.25, 0.3) is 11.4 Å². The minimum atomic E-state index is -0.772. The van der Waals surface area contributed by atoms with Crippen LogP contribution in [-0.4, -0.2) is 19.7 Å². The van der Waals surface area contributed by atoms with Crippen molar-refractivity contribution in [3.63, 3.8) is 0 Å². The second kappa shape index (κ2) is 10.4. The number of nitro benzene ring substituents is 4. The van der Waals surface area contributed by atoms with Crippen LogP contribution in [0, 0.1) is 40.5 Å². The number of ether oxygens (including phenoxy) is 2. The molecule has 0 heterocycles. The Hall–Kier alpha value is -5.92. The average Bonchev–Trinajstić information content (AvgIpc) is 2.89. The highest BCUT2D eigenvalue weighted by Crippen LogP contribution is 2.37. The zero-order valence-electron chi connectivity index (χ0n) is 19.0. The molecule has 0 aliphatic heterocycles. The molecular weight excluding hydrogens is 504 g/mol. The molecule has 0 amide bonds. The van der Waals surface area contributed by atoms with Crippen molar-refractivity contribution < 1.29 is 29.2 Å². The molecule has 0 atom stereocenters. The molecule has 14 nitrogen and oxygen atoms in total. The van der Waals surface area contributed by atoms with Crippen LogP contribution in [0.25, 0.3) is 11.1 Å². The van der Waals surface area contributed by atoms with Gasteiger partial charge in [0.1, 0.15) is 11.5 Å².